The molecule has 0 bridgehead atoms. The zero-order chi connectivity index (χ0) is 20.8. The minimum atomic E-state index is 0.224. The van der Waals surface area contributed by atoms with Gasteiger partial charge in [-0.25, -0.2) is 0 Å². The van der Waals surface area contributed by atoms with Crippen molar-refractivity contribution in [3.05, 3.63) is 60.2 Å². The lowest BCUT2D eigenvalue weighted by atomic mass is 10.0. The summed E-state index contributed by atoms with van der Waals surface area (Å²) in [6, 6.07) is 19.9. The number of nitrogens with zero attached hydrogens (tertiary/aromatic N) is 2. The molecule has 0 aliphatic carbocycles. The second-order valence-electron chi connectivity index (χ2n) is 9.01. The van der Waals surface area contributed by atoms with E-state index >= 15 is 0 Å². The Bertz CT molecular complexity index is 774. The van der Waals surface area contributed by atoms with Crippen molar-refractivity contribution < 1.29 is 9.47 Å². The lowest BCUT2D eigenvalue weighted by Gasteiger charge is -2.42. The number of benzene rings is 2. The molecule has 2 heterocycles. The first-order valence-corrected chi connectivity index (χ1v) is 11.6. The molecule has 30 heavy (non-hydrogen) atoms. The molecule has 2 atom stereocenters. The summed E-state index contributed by atoms with van der Waals surface area (Å²) >= 11 is 0. The topological polar surface area (TPSA) is 24.9 Å². The van der Waals surface area contributed by atoms with E-state index in [4.69, 9.17) is 9.47 Å². The third-order valence-electron chi connectivity index (χ3n) is 6.35. The van der Waals surface area contributed by atoms with E-state index in [0.717, 1.165) is 31.9 Å². The highest BCUT2D eigenvalue weighted by molar-refractivity contribution is 5.61. The van der Waals surface area contributed by atoms with Gasteiger partial charge in [0.25, 0.3) is 0 Å². The average Bonchev–Trinajstić information content (AvgIpc) is 3.31. The fourth-order valence-corrected chi connectivity index (χ4v) is 4.57. The van der Waals surface area contributed by atoms with Crippen LogP contribution in [0.5, 0.6) is 5.75 Å². The van der Waals surface area contributed by atoms with E-state index in [2.05, 4.69) is 78.2 Å². The van der Waals surface area contributed by atoms with Gasteiger partial charge in [-0.2, -0.15) is 0 Å². The SMILES string of the molecule is CC(C)CCOCC(CN1c2ccccc2OCC1c1ccccc1)N1CCCC1. The summed E-state index contributed by atoms with van der Waals surface area (Å²) in [4.78, 5) is 5.19. The Labute approximate surface area is 181 Å². The highest BCUT2D eigenvalue weighted by Crippen LogP contribution is 2.39. The van der Waals surface area contributed by atoms with E-state index in [1.165, 1.54) is 37.2 Å². The average molecular weight is 409 g/mol. The van der Waals surface area contributed by atoms with Crippen molar-refractivity contribution in [1.29, 1.82) is 0 Å². The summed E-state index contributed by atoms with van der Waals surface area (Å²) in [6.45, 7) is 10.2. The van der Waals surface area contributed by atoms with Crippen LogP contribution in [-0.4, -0.2) is 50.4 Å². The summed E-state index contributed by atoms with van der Waals surface area (Å²) in [6.07, 6.45) is 3.72. The number of ether oxygens (including phenoxy) is 2. The summed E-state index contributed by atoms with van der Waals surface area (Å²) in [5, 5.41) is 0. The number of anilines is 1. The first-order valence-electron chi connectivity index (χ1n) is 11.6. The molecule has 2 aliphatic heterocycles. The Kier molecular flexibility index (Phi) is 7.29. The summed E-state index contributed by atoms with van der Waals surface area (Å²) in [5.74, 6) is 1.68. The lowest BCUT2D eigenvalue weighted by molar-refractivity contribution is 0.0639. The summed E-state index contributed by atoms with van der Waals surface area (Å²) in [5.41, 5.74) is 2.51. The van der Waals surface area contributed by atoms with E-state index in [1.807, 2.05) is 0 Å². The van der Waals surface area contributed by atoms with Gasteiger partial charge >= 0.3 is 0 Å². The maximum Gasteiger partial charge on any atom is 0.142 e. The Morgan fingerprint density at radius 3 is 2.50 bits per heavy atom. The van der Waals surface area contributed by atoms with Crippen LogP contribution in [0.15, 0.2) is 54.6 Å². The molecule has 0 amide bonds. The van der Waals surface area contributed by atoms with Crippen LogP contribution in [0.4, 0.5) is 5.69 Å². The first-order chi connectivity index (χ1) is 14.7. The van der Waals surface area contributed by atoms with E-state index in [9.17, 15) is 0 Å². The zero-order valence-corrected chi connectivity index (χ0v) is 18.5. The van der Waals surface area contributed by atoms with E-state index in [0.29, 0.717) is 18.6 Å². The molecule has 4 rings (SSSR count). The minimum absolute atomic E-state index is 0.224. The Hall–Kier alpha value is -2.04. The second-order valence-corrected chi connectivity index (χ2v) is 9.01. The maximum atomic E-state index is 6.19. The Morgan fingerprint density at radius 1 is 1.00 bits per heavy atom. The molecule has 2 aromatic rings. The first kappa shape index (κ1) is 21.2. The van der Waals surface area contributed by atoms with Gasteiger partial charge in [0.1, 0.15) is 12.4 Å². The second kappa shape index (κ2) is 10.3. The predicted octanol–water partition coefficient (Wildman–Crippen LogP) is 5.15. The van der Waals surface area contributed by atoms with Gasteiger partial charge in [-0.15, -0.1) is 0 Å². The zero-order valence-electron chi connectivity index (χ0n) is 18.5. The molecule has 0 saturated carbocycles. The molecule has 4 nitrogen and oxygen atoms in total. The smallest absolute Gasteiger partial charge is 0.142 e. The third kappa shape index (κ3) is 5.16. The van der Waals surface area contributed by atoms with Gasteiger partial charge in [0, 0.05) is 13.2 Å². The molecular weight excluding hydrogens is 372 g/mol. The van der Waals surface area contributed by atoms with Crippen LogP contribution in [0.2, 0.25) is 0 Å². The maximum absolute atomic E-state index is 6.19. The number of rotatable bonds is 9. The van der Waals surface area contributed by atoms with Gasteiger partial charge < -0.3 is 14.4 Å². The quantitative estimate of drug-likeness (QED) is 0.536. The van der Waals surface area contributed by atoms with Crippen molar-refractivity contribution in [2.45, 2.75) is 45.2 Å². The molecule has 2 aromatic carbocycles. The predicted molar refractivity (Wildman–Crippen MR) is 123 cm³/mol. The third-order valence-corrected chi connectivity index (χ3v) is 6.35. The molecule has 0 N–H and O–H groups in total. The van der Waals surface area contributed by atoms with E-state index in [1.54, 1.807) is 0 Å². The van der Waals surface area contributed by atoms with Crippen LogP contribution < -0.4 is 9.64 Å². The molecule has 2 unspecified atom stereocenters. The Morgan fingerprint density at radius 2 is 1.73 bits per heavy atom. The number of likely N-dealkylation sites (tertiary alicyclic amines) is 1. The molecule has 0 radical (unpaired) electrons. The minimum Gasteiger partial charge on any atom is -0.489 e. The standard InChI is InChI=1S/C26H36N2O2/c1-21(2)14-17-29-19-23(27-15-8-9-16-27)18-28-24-12-6-7-13-26(24)30-20-25(28)22-10-4-3-5-11-22/h3-7,10-13,21,23,25H,8-9,14-20H2,1-2H3. The van der Waals surface area contributed by atoms with Crippen LogP contribution in [-0.2, 0) is 4.74 Å². The van der Waals surface area contributed by atoms with Gasteiger partial charge in [0.2, 0.25) is 0 Å². The van der Waals surface area contributed by atoms with Gasteiger partial charge in [0.15, 0.2) is 0 Å². The number of fused-ring (bicyclic) bond motifs is 1. The van der Waals surface area contributed by atoms with Crippen LogP contribution in [0.3, 0.4) is 0 Å². The molecule has 2 aliphatic rings. The van der Waals surface area contributed by atoms with Crippen molar-refractivity contribution >= 4 is 5.69 Å². The Balaban J connectivity index is 1.55. The molecule has 4 heteroatoms. The van der Waals surface area contributed by atoms with Crippen LogP contribution in [0.25, 0.3) is 0 Å². The fraction of sp³-hybridized carbons (Fsp3) is 0.538. The summed E-state index contributed by atoms with van der Waals surface area (Å²) < 4.78 is 12.4. The molecular formula is C26H36N2O2. The molecule has 162 valence electrons. The van der Waals surface area contributed by atoms with Gasteiger partial charge in [-0.1, -0.05) is 56.3 Å². The summed E-state index contributed by atoms with van der Waals surface area (Å²) in [7, 11) is 0. The highest BCUT2D eigenvalue weighted by atomic mass is 16.5. The monoisotopic (exact) mass is 408 g/mol. The normalized spacial score (nSPS) is 20.2. The number of hydrogen-bond donors (Lipinski definition) is 0. The highest BCUT2D eigenvalue weighted by Gasteiger charge is 2.33. The van der Waals surface area contributed by atoms with Crippen LogP contribution in [0.1, 0.15) is 44.7 Å². The number of para-hydroxylation sites is 2. The van der Waals surface area contributed by atoms with Gasteiger partial charge in [0.05, 0.1) is 24.4 Å². The number of hydrogen-bond acceptors (Lipinski definition) is 4. The van der Waals surface area contributed by atoms with Crippen molar-refractivity contribution in [2.24, 2.45) is 5.92 Å². The van der Waals surface area contributed by atoms with Crippen molar-refractivity contribution in [3.63, 3.8) is 0 Å². The largest absolute Gasteiger partial charge is 0.489 e. The molecule has 0 spiro atoms. The molecule has 1 saturated heterocycles. The van der Waals surface area contributed by atoms with E-state index < -0.39 is 0 Å². The van der Waals surface area contributed by atoms with Crippen molar-refractivity contribution in [2.75, 3.05) is 44.4 Å². The van der Waals surface area contributed by atoms with Crippen LogP contribution >= 0.6 is 0 Å². The van der Waals surface area contributed by atoms with Crippen molar-refractivity contribution in [1.82, 2.24) is 4.90 Å². The molecule has 0 aromatic heterocycles. The van der Waals surface area contributed by atoms with Gasteiger partial charge in [-0.3, -0.25) is 4.90 Å². The fourth-order valence-electron chi connectivity index (χ4n) is 4.57. The van der Waals surface area contributed by atoms with E-state index in [-0.39, 0.29) is 6.04 Å². The molecule has 1 fully saturated rings. The lowest BCUT2D eigenvalue weighted by Crippen LogP contribution is -2.49. The van der Waals surface area contributed by atoms with Crippen molar-refractivity contribution in [3.8, 4) is 5.75 Å². The van der Waals surface area contributed by atoms with Gasteiger partial charge in [-0.05, 0) is 56.0 Å². The van der Waals surface area contributed by atoms with Crippen LogP contribution in [0, 0.1) is 5.92 Å².